The molecule has 14 heavy (non-hydrogen) atoms. The molecule has 4 atom stereocenters. The molecule has 0 radical (unpaired) electrons. The van der Waals surface area contributed by atoms with Crippen LogP contribution in [0.2, 0.25) is 0 Å². The van der Waals surface area contributed by atoms with Gasteiger partial charge in [-0.15, -0.1) is 0 Å². The minimum atomic E-state index is -0.964. The fraction of sp³-hybridized carbons (Fsp3) is 1.00. The van der Waals surface area contributed by atoms with Gasteiger partial charge in [0.1, 0.15) is 6.10 Å². The summed E-state index contributed by atoms with van der Waals surface area (Å²) < 4.78 is 0. The molecule has 3 N–H and O–H groups in total. The summed E-state index contributed by atoms with van der Waals surface area (Å²) in [5.74, 6) is 0. The first-order valence-electron chi connectivity index (χ1n) is 5.48. The van der Waals surface area contributed by atoms with Crippen molar-refractivity contribution in [3.05, 3.63) is 0 Å². The number of hydrogen-bond donors (Lipinski definition) is 3. The second-order valence-electron chi connectivity index (χ2n) is 4.46. The number of aliphatic hydroxyl groups is 3. The van der Waals surface area contributed by atoms with Crippen LogP contribution >= 0.6 is 0 Å². The molecule has 0 spiro atoms. The molecule has 2 saturated heterocycles. The lowest BCUT2D eigenvalue weighted by Gasteiger charge is -2.43. The molecule has 0 amide bonds. The summed E-state index contributed by atoms with van der Waals surface area (Å²) in [5, 5.41) is 28.9. The Morgan fingerprint density at radius 3 is 2.50 bits per heavy atom. The maximum Gasteiger partial charge on any atom is 0.108 e. The first-order chi connectivity index (χ1) is 6.70. The van der Waals surface area contributed by atoms with Crippen molar-refractivity contribution < 1.29 is 15.3 Å². The van der Waals surface area contributed by atoms with Gasteiger partial charge in [-0.05, 0) is 19.4 Å². The molecule has 2 rings (SSSR count). The largest absolute Gasteiger partial charge is 0.389 e. The van der Waals surface area contributed by atoms with Gasteiger partial charge in [0, 0.05) is 12.6 Å². The second-order valence-corrected chi connectivity index (χ2v) is 4.46. The third-order valence-corrected chi connectivity index (χ3v) is 3.47. The van der Waals surface area contributed by atoms with Crippen LogP contribution in [-0.2, 0) is 0 Å². The molecule has 2 aliphatic heterocycles. The van der Waals surface area contributed by atoms with Gasteiger partial charge >= 0.3 is 0 Å². The van der Waals surface area contributed by atoms with Crippen molar-refractivity contribution in [3.8, 4) is 0 Å². The number of piperidine rings is 1. The average Bonchev–Trinajstić information content (AvgIpc) is 2.39. The number of rotatable bonds is 0. The van der Waals surface area contributed by atoms with E-state index in [0.717, 1.165) is 25.8 Å². The van der Waals surface area contributed by atoms with E-state index >= 15 is 0 Å². The van der Waals surface area contributed by atoms with Crippen LogP contribution in [0.5, 0.6) is 0 Å². The van der Waals surface area contributed by atoms with Crippen LogP contribution in [0, 0.1) is 0 Å². The molecule has 0 aromatic carbocycles. The number of nitrogens with zero attached hydrogens (tertiary/aromatic N) is 1. The zero-order valence-electron chi connectivity index (χ0n) is 8.34. The van der Waals surface area contributed by atoms with Crippen LogP contribution in [0.25, 0.3) is 0 Å². The average molecular weight is 201 g/mol. The summed E-state index contributed by atoms with van der Waals surface area (Å²) in [6.45, 7) is 1.44. The lowest BCUT2D eigenvalue weighted by molar-refractivity contribution is -0.136. The van der Waals surface area contributed by atoms with Crippen LogP contribution < -0.4 is 0 Å². The highest BCUT2D eigenvalue weighted by atomic mass is 16.4. The summed E-state index contributed by atoms with van der Waals surface area (Å²) in [6.07, 6.45) is 1.83. The van der Waals surface area contributed by atoms with Crippen molar-refractivity contribution in [2.24, 2.45) is 0 Å². The van der Waals surface area contributed by atoms with E-state index in [9.17, 15) is 15.3 Å². The van der Waals surface area contributed by atoms with E-state index in [1.165, 1.54) is 6.42 Å². The Bertz CT molecular complexity index is 200. The van der Waals surface area contributed by atoms with Crippen molar-refractivity contribution in [2.45, 2.75) is 50.0 Å². The number of aliphatic hydroxyl groups excluding tert-OH is 3. The Morgan fingerprint density at radius 1 is 0.929 bits per heavy atom. The fourth-order valence-electron chi connectivity index (χ4n) is 2.61. The van der Waals surface area contributed by atoms with Crippen molar-refractivity contribution in [2.75, 3.05) is 13.1 Å². The van der Waals surface area contributed by atoms with Gasteiger partial charge in [-0.25, -0.2) is 0 Å². The molecule has 0 unspecified atom stereocenters. The van der Waals surface area contributed by atoms with Crippen LogP contribution in [0.3, 0.4) is 0 Å². The molecule has 2 heterocycles. The minimum absolute atomic E-state index is 0.0518. The molecule has 4 nitrogen and oxygen atoms in total. The zero-order valence-corrected chi connectivity index (χ0v) is 8.34. The smallest absolute Gasteiger partial charge is 0.108 e. The van der Waals surface area contributed by atoms with E-state index in [1.807, 2.05) is 0 Å². The van der Waals surface area contributed by atoms with E-state index < -0.39 is 18.3 Å². The molecular formula is C10H19NO3. The zero-order chi connectivity index (χ0) is 10.1. The molecule has 2 aliphatic rings. The molecule has 0 aromatic heterocycles. The minimum Gasteiger partial charge on any atom is -0.389 e. The highest BCUT2D eigenvalue weighted by Gasteiger charge is 2.41. The quantitative estimate of drug-likeness (QED) is 0.486. The van der Waals surface area contributed by atoms with Gasteiger partial charge in [0.05, 0.1) is 12.2 Å². The van der Waals surface area contributed by atoms with E-state index in [2.05, 4.69) is 4.90 Å². The normalized spacial score (nSPS) is 45.6. The van der Waals surface area contributed by atoms with E-state index in [0.29, 0.717) is 6.54 Å². The van der Waals surface area contributed by atoms with Gasteiger partial charge in [-0.1, -0.05) is 12.8 Å². The monoisotopic (exact) mass is 201 g/mol. The maximum atomic E-state index is 9.82. The van der Waals surface area contributed by atoms with Crippen LogP contribution in [0.15, 0.2) is 0 Å². The fourth-order valence-corrected chi connectivity index (χ4v) is 2.61. The Labute approximate surface area is 84.2 Å². The SMILES string of the molecule is O[C@H]1[C@H](O)[C@@H]2CCCCCN2C[C@H]1O. The molecule has 82 valence electrons. The molecule has 0 aromatic rings. The van der Waals surface area contributed by atoms with Gasteiger partial charge in [-0.2, -0.15) is 0 Å². The standard InChI is InChI=1S/C10H19NO3/c12-8-6-11-5-3-1-2-4-7(11)9(13)10(8)14/h7-10,12-14H,1-6H2/t7-,8+,9+,10+/m0/s1. The van der Waals surface area contributed by atoms with E-state index in [-0.39, 0.29) is 6.04 Å². The second kappa shape index (κ2) is 4.14. The van der Waals surface area contributed by atoms with Crippen molar-refractivity contribution >= 4 is 0 Å². The van der Waals surface area contributed by atoms with Gasteiger partial charge in [0.2, 0.25) is 0 Å². The Morgan fingerprint density at radius 2 is 1.71 bits per heavy atom. The van der Waals surface area contributed by atoms with Crippen LogP contribution in [0.1, 0.15) is 25.7 Å². The predicted molar refractivity (Wildman–Crippen MR) is 51.8 cm³/mol. The van der Waals surface area contributed by atoms with Crippen molar-refractivity contribution in [3.63, 3.8) is 0 Å². The molecular weight excluding hydrogens is 182 g/mol. The number of hydrogen-bond acceptors (Lipinski definition) is 4. The molecule has 0 aliphatic carbocycles. The molecule has 2 fully saturated rings. The third kappa shape index (κ3) is 1.80. The van der Waals surface area contributed by atoms with E-state index in [1.54, 1.807) is 0 Å². The van der Waals surface area contributed by atoms with Crippen LogP contribution in [-0.4, -0.2) is 57.7 Å². The molecule has 0 saturated carbocycles. The van der Waals surface area contributed by atoms with Crippen molar-refractivity contribution in [1.82, 2.24) is 4.90 Å². The Kier molecular flexibility index (Phi) is 3.07. The first kappa shape index (κ1) is 10.4. The summed E-state index contributed by atoms with van der Waals surface area (Å²) in [6, 6.07) is 0.0518. The lowest BCUT2D eigenvalue weighted by atomic mass is 9.92. The predicted octanol–water partition coefficient (Wildman–Crippen LogP) is -0.673. The topological polar surface area (TPSA) is 63.9 Å². The van der Waals surface area contributed by atoms with Gasteiger partial charge in [-0.3, -0.25) is 4.90 Å². The highest BCUT2D eigenvalue weighted by molar-refractivity contribution is 4.95. The lowest BCUT2D eigenvalue weighted by Crippen LogP contribution is -2.60. The number of fused-ring (bicyclic) bond motifs is 1. The maximum absolute atomic E-state index is 9.82. The van der Waals surface area contributed by atoms with Crippen LogP contribution in [0.4, 0.5) is 0 Å². The van der Waals surface area contributed by atoms with Gasteiger partial charge in [0.15, 0.2) is 0 Å². The molecule has 4 heteroatoms. The molecule has 0 bridgehead atoms. The van der Waals surface area contributed by atoms with Crippen molar-refractivity contribution in [1.29, 1.82) is 0 Å². The van der Waals surface area contributed by atoms with Gasteiger partial charge in [0.25, 0.3) is 0 Å². The summed E-state index contributed by atoms with van der Waals surface area (Å²) in [4.78, 5) is 2.12. The van der Waals surface area contributed by atoms with E-state index in [4.69, 9.17) is 0 Å². The third-order valence-electron chi connectivity index (χ3n) is 3.47. The first-order valence-corrected chi connectivity index (χ1v) is 5.48. The summed E-state index contributed by atoms with van der Waals surface area (Å²) >= 11 is 0. The summed E-state index contributed by atoms with van der Waals surface area (Å²) in [5.41, 5.74) is 0. The Hall–Kier alpha value is -0.160. The highest BCUT2D eigenvalue weighted by Crippen LogP contribution is 2.26. The Balaban J connectivity index is 2.09. The summed E-state index contributed by atoms with van der Waals surface area (Å²) in [7, 11) is 0. The van der Waals surface area contributed by atoms with Gasteiger partial charge < -0.3 is 15.3 Å².